The van der Waals surface area contributed by atoms with Gasteiger partial charge in [-0.1, -0.05) is 116 Å². The summed E-state index contributed by atoms with van der Waals surface area (Å²) >= 11 is 0. The molecule has 0 N–H and O–H groups in total. The van der Waals surface area contributed by atoms with E-state index >= 15 is 0 Å². The minimum Gasteiger partial charge on any atom is -0.297 e. The maximum atomic E-state index is 4.93. The summed E-state index contributed by atoms with van der Waals surface area (Å²) < 4.78 is 2.29. The Morgan fingerprint density at radius 1 is 0.674 bits per heavy atom. The molecule has 208 valence electrons. The summed E-state index contributed by atoms with van der Waals surface area (Å²) in [5.74, 6) is 1.56. The van der Waals surface area contributed by atoms with Gasteiger partial charge in [0.25, 0.3) is 0 Å². The monoisotopic (exact) mass is 554 g/mol. The van der Waals surface area contributed by atoms with E-state index in [4.69, 9.17) is 4.98 Å². The third-order valence-corrected chi connectivity index (χ3v) is 9.20. The number of allylic oxidation sites excluding steroid dienone is 2. The van der Waals surface area contributed by atoms with E-state index in [2.05, 4.69) is 146 Å². The molecular weight excluding hydrogens is 520 g/mol. The van der Waals surface area contributed by atoms with Gasteiger partial charge < -0.3 is 0 Å². The molecule has 0 fully saturated rings. The number of aromatic nitrogens is 2. The van der Waals surface area contributed by atoms with Gasteiger partial charge in [-0.05, 0) is 106 Å². The molecule has 1 aromatic heterocycles. The van der Waals surface area contributed by atoms with Crippen molar-refractivity contribution in [3.05, 3.63) is 149 Å². The molecule has 2 aliphatic carbocycles. The minimum absolute atomic E-state index is 0.516. The Morgan fingerprint density at radius 3 is 2.05 bits per heavy atom. The molecule has 1 heterocycles. The first kappa shape index (κ1) is 25.7. The van der Waals surface area contributed by atoms with E-state index in [1.807, 2.05) is 0 Å². The molecular formula is C41H34N2. The average molecular weight is 555 g/mol. The van der Waals surface area contributed by atoms with Crippen molar-refractivity contribution in [3.63, 3.8) is 0 Å². The second-order valence-electron chi connectivity index (χ2n) is 12.0. The zero-order valence-electron chi connectivity index (χ0n) is 24.7. The van der Waals surface area contributed by atoms with Crippen molar-refractivity contribution in [2.24, 2.45) is 5.92 Å². The molecule has 0 radical (unpaired) electrons. The normalized spacial score (nSPS) is 15.7. The molecule has 2 nitrogen and oxygen atoms in total. The predicted octanol–water partition coefficient (Wildman–Crippen LogP) is 10.4. The van der Waals surface area contributed by atoms with Crippen LogP contribution < -0.4 is 0 Å². The molecule has 2 heteroatoms. The summed E-state index contributed by atoms with van der Waals surface area (Å²) in [7, 11) is 0. The topological polar surface area (TPSA) is 17.8 Å². The van der Waals surface area contributed by atoms with E-state index in [9.17, 15) is 0 Å². The van der Waals surface area contributed by atoms with Gasteiger partial charge >= 0.3 is 0 Å². The van der Waals surface area contributed by atoms with E-state index in [-0.39, 0.29) is 0 Å². The number of hydrogen-bond acceptors (Lipinski definition) is 1. The van der Waals surface area contributed by atoms with Crippen molar-refractivity contribution < 1.29 is 0 Å². The quantitative estimate of drug-likeness (QED) is 0.212. The van der Waals surface area contributed by atoms with Gasteiger partial charge in [0.1, 0.15) is 5.82 Å². The third-order valence-electron chi connectivity index (χ3n) is 9.20. The molecule has 2 aliphatic rings. The van der Waals surface area contributed by atoms with Crippen LogP contribution in [0.1, 0.15) is 47.2 Å². The van der Waals surface area contributed by atoms with Crippen molar-refractivity contribution >= 4 is 28.5 Å². The summed E-state index contributed by atoms with van der Waals surface area (Å²) in [6.45, 7) is 4.43. The van der Waals surface area contributed by atoms with Gasteiger partial charge in [0.05, 0.1) is 11.4 Å². The van der Waals surface area contributed by atoms with Gasteiger partial charge in [-0.15, -0.1) is 0 Å². The van der Waals surface area contributed by atoms with E-state index in [1.54, 1.807) is 0 Å². The van der Waals surface area contributed by atoms with Crippen LogP contribution >= 0.6 is 0 Å². The SMILES string of the molecule is Cc1nc2c(n1-c1ccccc1)C=C(c1ccc(-c3c4c(c(-c5ccccc5)c5ccccc35)CC(C)C=C4)cc1)CC2. The highest BCUT2D eigenvalue weighted by Gasteiger charge is 2.24. The molecule has 43 heavy (non-hydrogen) atoms. The Balaban J connectivity index is 1.25. The summed E-state index contributed by atoms with van der Waals surface area (Å²) in [4.78, 5) is 4.93. The Morgan fingerprint density at radius 2 is 1.30 bits per heavy atom. The van der Waals surface area contributed by atoms with Crippen LogP contribution in [0.25, 0.3) is 56.4 Å². The fourth-order valence-corrected chi connectivity index (χ4v) is 7.21. The van der Waals surface area contributed by atoms with Crippen LogP contribution in [0, 0.1) is 12.8 Å². The van der Waals surface area contributed by atoms with Gasteiger partial charge in [0.2, 0.25) is 0 Å². The van der Waals surface area contributed by atoms with Crippen molar-refractivity contribution in [2.75, 3.05) is 0 Å². The lowest BCUT2D eigenvalue weighted by atomic mass is 9.78. The van der Waals surface area contributed by atoms with Gasteiger partial charge in [0.15, 0.2) is 0 Å². The minimum atomic E-state index is 0.516. The summed E-state index contributed by atoms with van der Waals surface area (Å²) in [6, 6.07) is 39.8. The Hall–Kier alpha value is -4.95. The van der Waals surface area contributed by atoms with E-state index in [0.717, 1.165) is 25.1 Å². The summed E-state index contributed by atoms with van der Waals surface area (Å²) in [5, 5.41) is 2.65. The molecule has 1 unspecified atom stereocenters. The number of benzene rings is 5. The Bertz CT molecular complexity index is 2040. The molecule has 0 bridgehead atoms. The molecule has 0 saturated heterocycles. The molecule has 0 amide bonds. The average Bonchev–Trinajstić information content (AvgIpc) is 3.39. The van der Waals surface area contributed by atoms with Crippen LogP contribution in [-0.2, 0) is 12.8 Å². The second kappa shape index (κ2) is 10.4. The molecule has 0 saturated carbocycles. The predicted molar refractivity (Wildman–Crippen MR) is 181 cm³/mol. The Kier molecular flexibility index (Phi) is 6.22. The number of rotatable bonds is 4. The molecule has 5 aromatic carbocycles. The third kappa shape index (κ3) is 4.37. The van der Waals surface area contributed by atoms with E-state index < -0.39 is 0 Å². The zero-order valence-corrected chi connectivity index (χ0v) is 24.7. The number of imidazole rings is 1. The van der Waals surface area contributed by atoms with Gasteiger partial charge in [-0.25, -0.2) is 4.98 Å². The first-order valence-corrected chi connectivity index (χ1v) is 15.4. The van der Waals surface area contributed by atoms with Crippen molar-refractivity contribution in [1.82, 2.24) is 9.55 Å². The fourth-order valence-electron chi connectivity index (χ4n) is 7.21. The first-order valence-electron chi connectivity index (χ1n) is 15.4. The van der Waals surface area contributed by atoms with Crippen LogP contribution in [0.2, 0.25) is 0 Å². The van der Waals surface area contributed by atoms with Crippen LogP contribution in [-0.4, -0.2) is 9.55 Å². The molecule has 6 aromatic rings. The van der Waals surface area contributed by atoms with Gasteiger partial charge in [0, 0.05) is 5.69 Å². The molecule has 0 aliphatic heterocycles. The zero-order chi connectivity index (χ0) is 28.9. The lowest BCUT2D eigenvalue weighted by molar-refractivity contribution is 0.719. The standard InChI is InChI=1S/C41H34N2/c1-27-17-23-36-37(25-27)41(30-11-5-3-6-12-30)35-16-10-9-15-34(35)40(36)31-20-18-29(19-21-31)32-22-24-38-39(26-32)43(28(2)42-38)33-13-7-4-8-14-33/h3-21,23,26-27H,22,24-25H2,1-2H3. The maximum Gasteiger partial charge on any atom is 0.110 e. The number of fused-ring (bicyclic) bond motifs is 3. The summed E-state index contributed by atoms with van der Waals surface area (Å²) in [5.41, 5.74) is 14.4. The lowest BCUT2D eigenvalue weighted by Crippen LogP contribution is -2.08. The number of para-hydroxylation sites is 1. The lowest BCUT2D eigenvalue weighted by Gasteiger charge is -2.26. The largest absolute Gasteiger partial charge is 0.297 e. The maximum absolute atomic E-state index is 4.93. The van der Waals surface area contributed by atoms with Crippen LogP contribution in [0.4, 0.5) is 0 Å². The van der Waals surface area contributed by atoms with Crippen LogP contribution in [0.15, 0.2) is 115 Å². The van der Waals surface area contributed by atoms with Gasteiger partial charge in [-0.2, -0.15) is 0 Å². The Labute approximate surface area is 253 Å². The molecule has 0 spiro atoms. The van der Waals surface area contributed by atoms with Gasteiger partial charge in [-0.3, -0.25) is 4.57 Å². The van der Waals surface area contributed by atoms with Crippen LogP contribution in [0.5, 0.6) is 0 Å². The highest BCUT2D eigenvalue weighted by atomic mass is 15.1. The molecule has 8 rings (SSSR count). The number of nitrogens with zero attached hydrogens (tertiary/aromatic N) is 2. The number of aryl methyl sites for hydroxylation is 2. The highest BCUT2D eigenvalue weighted by molar-refractivity contribution is 6.10. The second-order valence-corrected chi connectivity index (χ2v) is 12.0. The first-order chi connectivity index (χ1) is 21.2. The number of hydrogen-bond donors (Lipinski definition) is 0. The van der Waals surface area contributed by atoms with E-state index in [0.29, 0.717) is 5.92 Å². The van der Waals surface area contributed by atoms with E-state index in [1.165, 1.54) is 72.4 Å². The van der Waals surface area contributed by atoms with Crippen molar-refractivity contribution in [3.8, 4) is 27.9 Å². The smallest absolute Gasteiger partial charge is 0.110 e. The highest BCUT2D eigenvalue weighted by Crippen LogP contribution is 2.45. The molecule has 1 atom stereocenters. The van der Waals surface area contributed by atoms with Crippen molar-refractivity contribution in [2.45, 2.75) is 33.1 Å². The summed E-state index contributed by atoms with van der Waals surface area (Å²) in [6.07, 6.45) is 10.1. The fraction of sp³-hybridized carbons (Fsp3) is 0.146. The van der Waals surface area contributed by atoms with Crippen molar-refractivity contribution in [1.29, 1.82) is 0 Å². The van der Waals surface area contributed by atoms with Crippen LogP contribution in [0.3, 0.4) is 0 Å².